The normalized spacial score (nSPS) is 19.2. The monoisotopic (exact) mass is 454 g/mol. The van der Waals surface area contributed by atoms with Gasteiger partial charge in [0.2, 0.25) is 5.84 Å². The fourth-order valence-electron chi connectivity index (χ4n) is 2.32. The van der Waals surface area contributed by atoms with Crippen molar-refractivity contribution in [1.82, 2.24) is 0 Å². The smallest absolute Gasteiger partial charge is 0.334 e. The van der Waals surface area contributed by atoms with Gasteiger partial charge in [-0.1, -0.05) is 0 Å². The van der Waals surface area contributed by atoms with Gasteiger partial charge < -0.3 is 5.32 Å². The van der Waals surface area contributed by atoms with Crippen molar-refractivity contribution < 1.29 is 43.4 Å². The Bertz CT molecular complexity index is 912. The van der Waals surface area contributed by atoms with Gasteiger partial charge in [0.15, 0.2) is 9.84 Å². The number of aliphatic imine (C=N–C) groups is 1. The third-order valence-electron chi connectivity index (χ3n) is 3.53. The molecule has 1 saturated heterocycles. The lowest BCUT2D eigenvalue weighted by atomic mass is 10.2. The van der Waals surface area contributed by atoms with Crippen molar-refractivity contribution >= 4 is 32.2 Å². The summed E-state index contributed by atoms with van der Waals surface area (Å²) in [6.07, 6.45) is -9.91. The molecular weight excluding hydrogens is 441 g/mol. The summed E-state index contributed by atoms with van der Waals surface area (Å²) in [5.41, 5.74) is -1.02. The second-order valence-corrected chi connectivity index (χ2v) is 9.61. The van der Waals surface area contributed by atoms with Crippen molar-refractivity contribution in [1.29, 1.82) is 0 Å². The van der Waals surface area contributed by atoms with Gasteiger partial charge in [0.05, 0.1) is 34.0 Å². The summed E-state index contributed by atoms with van der Waals surface area (Å²) in [7, 11) is -6.13. The lowest BCUT2D eigenvalue weighted by Gasteiger charge is -2.24. The molecule has 1 atom stereocenters. The summed E-state index contributed by atoms with van der Waals surface area (Å²) < 4.78 is 125. The highest BCUT2D eigenvalue weighted by Crippen LogP contribution is 2.29. The number of halogens is 7. The van der Waals surface area contributed by atoms with Crippen molar-refractivity contribution in [3.63, 3.8) is 0 Å². The number of aryl methyl sites for hydroxylation is 1. The van der Waals surface area contributed by atoms with Crippen LogP contribution in [0.15, 0.2) is 22.0 Å². The second-order valence-electron chi connectivity index (χ2n) is 6.03. The minimum absolute atomic E-state index is 0.138. The molecule has 14 heteroatoms. The number of benzene rings is 1. The quantitative estimate of drug-likeness (QED) is 0.431. The van der Waals surface area contributed by atoms with Gasteiger partial charge in [-0.25, -0.2) is 12.8 Å². The van der Waals surface area contributed by atoms with Crippen molar-refractivity contribution in [2.24, 2.45) is 4.99 Å². The van der Waals surface area contributed by atoms with Gasteiger partial charge in [-0.3, -0.25) is 9.20 Å². The van der Waals surface area contributed by atoms with E-state index < -0.39 is 78.5 Å². The van der Waals surface area contributed by atoms with E-state index in [1.165, 1.54) is 0 Å². The van der Waals surface area contributed by atoms with Crippen LogP contribution in [0.4, 0.5) is 36.4 Å². The SMILES string of the molecule is Cc1cc(F)c(NC(=NC2CS(=O)(=O)C2)C(F)(F)F)cc1S(=O)CC(F)(F)F. The molecule has 1 aromatic rings. The van der Waals surface area contributed by atoms with Crippen molar-refractivity contribution in [2.45, 2.75) is 30.2 Å². The molecule has 1 heterocycles. The minimum Gasteiger partial charge on any atom is -0.334 e. The van der Waals surface area contributed by atoms with Gasteiger partial charge in [0, 0.05) is 4.90 Å². The van der Waals surface area contributed by atoms with E-state index in [0.29, 0.717) is 12.1 Å². The third kappa shape index (κ3) is 5.90. The molecule has 1 aliphatic heterocycles. The van der Waals surface area contributed by atoms with Gasteiger partial charge in [0.1, 0.15) is 11.6 Å². The first-order valence-corrected chi connectivity index (χ1v) is 10.6. The Kier molecular flexibility index (Phi) is 6.14. The lowest BCUT2D eigenvalue weighted by Crippen LogP contribution is -2.43. The van der Waals surface area contributed by atoms with E-state index in [-0.39, 0.29) is 5.56 Å². The van der Waals surface area contributed by atoms with Crippen LogP contribution in [0.25, 0.3) is 0 Å². The van der Waals surface area contributed by atoms with Crippen molar-refractivity contribution in [2.75, 3.05) is 22.6 Å². The Morgan fingerprint density at radius 2 is 1.79 bits per heavy atom. The third-order valence-corrected chi connectivity index (χ3v) is 6.84. The highest BCUT2D eigenvalue weighted by atomic mass is 32.2. The van der Waals surface area contributed by atoms with E-state index in [1.54, 1.807) is 5.32 Å². The maximum Gasteiger partial charge on any atom is 0.449 e. The number of anilines is 1. The van der Waals surface area contributed by atoms with Crippen LogP contribution in [-0.2, 0) is 20.6 Å². The molecule has 0 saturated carbocycles. The van der Waals surface area contributed by atoms with Gasteiger partial charge in [0.25, 0.3) is 0 Å². The molecule has 0 aromatic heterocycles. The maximum absolute atomic E-state index is 14.0. The molecule has 5 nitrogen and oxygen atoms in total. The minimum atomic E-state index is -5.11. The molecule has 28 heavy (non-hydrogen) atoms. The van der Waals surface area contributed by atoms with Crippen molar-refractivity contribution in [3.8, 4) is 0 Å². The second kappa shape index (κ2) is 7.61. The molecule has 0 spiro atoms. The number of rotatable bonds is 4. The summed E-state index contributed by atoms with van der Waals surface area (Å²) >= 11 is 0. The Balaban J connectivity index is 2.36. The van der Waals surface area contributed by atoms with Crippen LogP contribution < -0.4 is 5.32 Å². The number of amidine groups is 1. The molecule has 1 aliphatic rings. The van der Waals surface area contributed by atoms with E-state index >= 15 is 0 Å². The van der Waals surface area contributed by atoms with Crippen LogP contribution in [0.5, 0.6) is 0 Å². The van der Waals surface area contributed by atoms with E-state index in [0.717, 1.165) is 6.92 Å². The number of hydrogen-bond acceptors (Lipinski definition) is 4. The summed E-state index contributed by atoms with van der Waals surface area (Å²) in [6.45, 7) is 1.16. The molecule has 1 fully saturated rings. The molecule has 1 aromatic carbocycles. The Hall–Kier alpha value is -1.70. The molecule has 158 valence electrons. The fourth-order valence-corrected chi connectivity index (χ4v) is 4.66. The van der Waals surface area contributed by atoms with Gasteiger partial charge >= 0.3 is 12.4 Å². The van der Waals surface area contributed by atoms with Gasteiger partial charge in [-0.05, 0) is 24.6 Å². The number of alkyl halides is 6. The molecule has 0 aliphatic carbocycles. The average molecular weight is 454 g/mol. The Labute approximate surface area is 157 Å². The largest absolute Gasteiger partial charge is 0.449 e. The predicted octanol–water partition coefficient (Wildman–Crippen LogP) is 2.97. The van der Waals surface area contributed by atoms with Crippen LogP contribution in [0.1, 0.15) is 5.56 Å². The number of sulfone groups is 1. The van der Waals surface area contributed by atoms with Crippen LogP contribution in [0, 0.1) is 12.7 Å². The van der Waals surface area contributed by atoms with E-state index in [2.05, 4.69) is 4.99 Å². The number of nitrogens with zero attached hydrogens (tertiary/aromatic N) is 1. The van der Waals surface area contributed by atoms with Crippen LogP contribution in [0.2, 0.25) is 0 Å². The fraction of sp³-hybridized carbons (Fsp3) is 0.500. The first-order chi connectivity index (χ1) is 12.6. The topological polar surface area (TPSA) is 75.6 Å². The summed E-state index contributed by atoms with van der Waals surface area (Å²) in [5, 5.41) is 1.64. The van der Waals surface area contributed by atoms with E-state index in [4.69, 9.17) is 0 Å². The molecule has 0 amide bonds. The summed E-state index contributed by atoms with van der Waals surface area (Å²) in [5.74, 6) is -5.90. The lowest BCUT2D eigenvalue weighted by molar-refractivity contribution is -0.105. The first kappa shape index (κ1) is 22.6. The molecule has 1 unspecified atom stereocenters. The zero-order valence-electron chi connectivity index (χ0n) is 14.0. The van der Waals surface area contributed by atoms with Gasteiger partial charge in [-0.2, -0.15) is 26.3 Å². The molecular formula is C14H13F7N2O3S2. The van der Waals surface area contributed by atoms with Crippen LogP contribution in [0.3, 0.4) is 0 Å². The number of hydrogen-bond donors (Lipinski definition) is 1. The highest BCUT2D eigenvalue weighted by Gasteiger charge is 2.41. The zero-order chi connectivity index (χ0) is 21.5. The highest BCUT2D eigenvalue weighted by molar-refractivity contribution is 7.92. The van der Waals surface area contributed by atoms with Gasteiger partial charge in [-0.15, -0.1) is 0 Å². The van der Waals surface area contributed by atoms with Crippen LogP contribution in [-0.4, -0.2) is 54.1 Å². The number of nitrogens with one attached hydrogen (secondary N) is 1. The zero-order valence-corrected chi connectivity index (χ0v) is 15.6. The maximum atomic E-state index is 14.0. The predicted molar refractivity (Wildman–Crippen MR) is 88.0 cm³/mol. The standard InChI is InChI=1S/C14H13F7N2O3S2/c1-7-2-9(15)10(3-11(7)27(24)6-13(16,17)18)23-12(14(19,20)21)22-8-4-28(25,26)5-8/h2-3,8H,4-6H2,1H3,(H,22,23). The Morgan fingerprint density at radius 1 is 1.21 bits per heavy atom. The van der Waals surface area contributed by atoms with E-state index in [1.807, 2.05) is 0 Å². The molecule has 1 N–H and O–H groups in total. The Morgan fingerprint density at radius 3 is 2.25 bits per heavy atom. The molecule has 2 rings (SSSR count). The average Bonchev–Trinajstić information content (AvgIpc) is 2.43. The molecule has 0 radical (unpaired) electrons. The summed E-state index contributed by atoms with van der Waals surface area (Å²) in [4.78, 5) is 2.73. The molecule has 0 bridgehead atoms. The van der Waals surface area contributed by atoms with E-state index in [9.17, 15) is 43.4 Å². The van der Waals surface area contributed by atoms with Crippen LogP contribution >= 0.6 is 0 Å². The summed E-state index contributed by atoms with van der Waals surface area (Å²) in [6, 6.07) is 0.0560. The van der Waals surface area contributed by atoms with Crippen molar-refractivity contribution in [3.05, 3.63) is 23.5 Å². The first-order valence-electron chi connectivity index (χ1n) is 7.45.